The van der Waals surface area contributed by atoms with Crippen LogP contribution in [0.3, 0.4) is 0 Å². The summed E-state index contributed by atoms with van der Waals surface area (Å²) in [5, 5.41) is 127. The number of nitrogens with one attached hydrogen (secondary N) is 2. The van der Waals surface area contributed by atoms with Crippen molar-refractivity contribution in [2.75, 3.05) is 98.4 Å². The molecule has 0 radical (unpaired) electrons. The summed E-state index contributed by atoms with van der Waals surface area (Å²) in [4.78, 5) is 87.0. The van der Waals surface area contributed by atoms with E-state index in [1.165, 1.54) is 14.7 Å². The Labute approximate surface area is 336 Å². The van der Waals surface area contributed by atoms with E-state index in [9.17, 15) is 89.7 Å². The number of carbonyl (C=O) groups is 7. The first-order chi connectivity index (χ1) is 27.6. The highest BCUT2D eigenvalue weighted by molar-refractivity contribution is 5.80. The Morgan fingerprint density at radius 1 is 0.458 bits per heavy atom. The van der Waals surface area contributed by atoms with Crippen molar-refractivity contribution >= 4 is 41.7 Å². The Balaban J connectivity index is 5.01. The van der Waals surface area contributed by atoms with Crippen molar-refractivity contribution in [3.63, 3.8) is 0 Å². The molecular formula is C32H57N5O22. The van der Waals surface area contributed by atoms with Crippen LogP contribution >= 0.6 is 0 Å². The van der Waals surface area contributed by atoms with Crippen molar-refractivity contribution in [1.29, 1.82) is 0 Å². The maximum Gasteiger partial charge on any atom is 0.337 e. The molecule has 15 N–H and O–H groups in total. The van der Waals surface area contributed by atoms with E-state index in [2.05, 4.69) is 10.6 Å². The van der Waals surface area contributed by atoms with E-state index in [0.29, 0.717) is 0 Å². The highest BCUT2D eigenvalue weighted by Crippen LogP contribution is 2.08. The minimum Gasteiger partial charge on any atom is -0.480 e. The smallest absolute Gasteiger partial charge is 0.337 e. The molecule has 27 nitrogen and oxygen atoms in total. The summed E-state index contributed by atoms with van der Waals surface area (Å²) in [5.74, 6) is -8.03. The lowest BCUT2D eigenvalue weighted by Gasteiger charge is -2.28. The van der Waals surface area contributed by atoms with Crippen molar-refractivity contribution < 1.29 is 109 Å². The number of rotatable bonds is 34. The number of hydrogen-bond donors (Lipinski definition) is 15. The molecule has 0 aromatic rings. The van der Waals surface area contributed by atoms with Crippen molar-refractivity contribution in [1.82, 2.24) is 25.3 Å². The predicted octanol–water partition coefficient (Wildman–Crippen LogP) is -9.88. The number of aliphatic hydroxyl groups excluding tert-OH is 10. The average molecular weight is 864 g/mol. The molecule has 0 aliphatic carbocycles. The van der Waals surface area contributed by atoms with E-state index in [0.717, 1.165) is 0 Å². The van der Waals surface area contributed by atoms with Gasteiger partial charge in [-0.1, -0.05) is 0 Å². The van der Waals surface area contributed by atoms with Gasteiger partial charge < -0.3 is 86.5 Å². The first-order valence-corrected chi connectivity index (χ1v) is 18.0. The zero-order valence-corrected chi connectivity index (χ0v) is 32.0. The van der Waals surface area contributed by atoms with Gasteiger partial charge in [-0.25, -0.2) is 9.59 Å². The number of carboxylic acid groups (broad SMARTS) is 3. The molecule has 0 aromatic carbocycles. The molecule has 0 fully saturated rings. The third-order valence-electron chi connectivity index (χ3n) is 8.04. The van der Waals surface area contributed by atoms with Crippen LogP contribution in [-0.4, -0.2) is 270 Å². The molecule has 342 valence electrons. The predicted molar refractivity (Wildman–Crippen MR) is 192 cm³/mol. The Kier molecular flexibility index (Phi) is 27.8. The summed E-state index contributed by atoms with van der Waals surface area (Å²) in [5.41, 5.74) is 0. The van der Waals surface area contributed by atoms with Crippen LogP contribution in [-0.2, 0) is 43.0 Å². The lowest BCUT2D eigenvalue weighted by Crippen LogP contribution is -2.49. The highest BCUT2D eigenvalue weighted by Gasteiger charge is 2.36. The summed E-state index contributed by atoms with van der Waals surface area (Å²) in [7, 11) is 0. The molecule has 0 aliphatic heterocycles. The minimum atomic E-state index is -2.26. The fraction of sp³-hybridized carbons (Fsp3) is 0.781. The van der Waals surface area contributed by atoms with Gasteiger partial charge in [-0.3, -0.25) is 38.7 Å². The molecule has 59 heavy (non-hydrogen) atoms. The number of ether oxygens (including phenoxy) is 2. The highest BCUT2D eigenvalue weighted by atomic mass is 16.6. The molecule has 27 heteroatoms. The van der Waals surface area contributed by atoms with Crippen molar-refractivity contribution in [3.05, 3.63) is 0 Å². The Morgan fingerprint density at radius 2 is 0.763 bits per heavy atom. The van der Waals surface area contributed by atoms with Crippen LogP contribution in [0.15, 0.2) is 0 Å². The van der Waals surface area contributed by atoms with Gasteiger partial charge in [-0.2, -0.15) is 0 Å². The van der Waals surface area contributed by atoms with E-state index in [4.69, 9.17) is 19.7 Å². The molecule has 0 heterocycles. The van der Waals surface area contributed by atoms with Crippen LogP contribution in [0, 0.1) is 0 Å². The maximum atomic E-state index is 12.5. The van der Waals surface area contributed by atoms with Crippen LogP contribution in [0.2, 0.25) is 0 Å². The van der Waals surface area contributed by atoms with Gasteiger partial charge >= 0.3 is 29.8 Å². The molecule has 0 aliphatic rings. The van der Waals surface area contributed by atoms with E-state index >= 15 is 0 Å². The second kappa shape index (κ2) is 29.9. The van der Waals surface area contributed by atoms with Gasteiger partial charge in [0.05, 0.1) is 59.2 Å². The molecule has 0 rings (SSSR count). The third-order valence-corrected chi connectivity index (χ3v) is 8.04. The van der Waals surface area contributed by atoms with Crippen molar-refractivity contribution in [2.45, 2.75) is 61.7 Å². The molecule has 0 saturated heterocycles. The van der Waals surface area contributed by atoms with Crippen LogP contribution < -0.4 is 10.6 Å². The maximum absolute atomic E-state index is 12.5. The van der Waals surface area contributed by atoms with Gasteiger partial charge in [0.1, 0.15) is 36.6 Å². The van der Waals surface area contributed by atoms with Gasteiger partial charge in [-0.05, 0) is 12.8 Å². The molecule has 2 amide bonds. The molecule has 0 saturated carbocycles. The first kappa shape index (κ1) is 54.8. The fourth-order valence-electron chi connectivity index (χ4n) is 4.80. The Morgan fingerprint density at radius 3 is 1.07 bits per heavy atom. The topological polar surface area (TPSA) is 435 Å². The Hall–Kier alpha value is -4.23. The largest absolute Gasteiger partial charge is 0.480 e. The number of esters is 2. The van der Waals surface area contributed by atoms with E-state index in [1.807, 2.05) is 0 Å². The van der Waals surface area contributed by atoms with E-state index < -0.39 is 136 Å². The monoisotopic (exact) mass is 863 g/mol. The molecule has 8 atom stereocenters. The van der Waals surface area contributed by atoms with E-state index in [1.54, 1.807) is 0 Å². The van der Waals surface area contributed by atoms with Gasteiger partial charge in [0.15, 0.2) is 12.2 Å². The van der Waals surface area contributed by atoms with E-state index in [-0.39, 0.29) is 65.3 Å². The van der Waals surface area contributed by atoms with Gasteiger partial charge in [0.25, 0.3) is 0 Å². The molecule has 0 bridgehead atoms. The lowest BCUT2D eigenvalue weighted by atomic mass is 10.0. The summed E-state index contributed by atoms with van der Waals surface area (Å²) < 4.78 is 9.48. The number of carboxylic acids is 3. The normalized spacial score (nSPS) is 15.7. The SMILES string of the molecule is O=C(O)CN(CCN(CC(=O)O)CC(=O)NCCCOC(=O)[C@H](O)[C@@H](O)[C@H](O)[C@H](O)CO)CCN(CC(=O)O)CC(=O)NCCCOC(=O)[C@H](O)[C@@H](O)[C@H](O)[C@H](O)CO. The molecule has 0 aromatic heterocycles. The average Bonchev–Trinajstić information content (AvgIpc) is 3.17. The number of aliphatic hydroxyl groups is 10. The van der Waals surface area contributed by atoms with Crippen molar-refractivity contribution in [2.24, 2.45) is 0 Å². The number of aliphatic carboxylic acids is 3. The number of amides is 2. The molecule has 0 unspecified atom stereocenters. The standard InChI is InChI=1S/C32H57N5O22/c38-16-18(40)25(50)27(52)29(54)31(56)58-9-1-3-33-20(42)11-36(14-23(46)47)7-5-35(13-22(44)45)6-8-37(15-24(48)49)12-21(43)34-4-2-10-59-32(57)30(55)28(53)26(51)19(41)17-39/h18-19,25-30,38-41,50-55H,1-17H2,(H,33,42)(H,34,43)(H,44,45)(H,46,47)(H,48,49)/t18-,19-,25-,26-,27+,28+,29-,30-/m1/s1. The van der Waals surface area contributed by atoms with Crippen LogP contribution in [0.4, 0.5) is 0 Å². The lowest BCUT2D eigenvalue weighted by molar-refractivity contribution is -0.170. The van der Waals surface area contributed by atoms with Gasteiger partial charge in [-0.15, -0.1) is 0 Å². The quantitative estimate of drug-likeness (QED) is 0.0211. The fourth-order valence-corrected chi connectivity index (χ4v) is 4.80. The number of nitrogens with zero attached hydrogens (tertiary/aromatic N) is 3. The number of hydrogen-bond acceptors (Lipinski definition) is 22. The Bertz CT molecular complexity index is 1230. The van der Waals surface area contributed by atoms with Gasteiger partial charge in [0.2, 0.25) is 11.8 Å². The second-order valence-electron chi connectivity index (χ2n) is 13.0. The van der Waals surface area contributed by atoms with Crippen LogP contribution in [0.25, 0.3) is 0 Å². The summed E-state index contributed by atoms with van der Waals surface area (Å²) >= 11 is 0. The minimum absolute atomic E-state index is 0.0166. The molecular weight excluding hydrogens is 806 g/mol. The summed E-state index contributed by atoms with van der Waals surface area (Å²) in [6.07, 6.45) is -16.7. The zero-order chi connectivity index (χ0) is 45.2. The van der Waals surface area contributed by atoms with Crippen molar-refractivity contribution in [3.8, 4) is 0 Å². The van der Waals surface area contributed by atoms with Crippen LogP contribution in [0.5, 0.6) is 0 Å². The summed E-state index contributed by atoms with van der Waals surface area (Å²) in [6, 6.07) is 0. The van der Waals surface area contributed by atoms with Crippen LogP contribution in [0.1, 0.15) is 12.8 Å². The van der Waals surface area contributed by atoms with Gasteiger partial charge in [0, 0.05) is 39.3 Å². The first-order valence-electron chi connectivity index (χ1n) is 18.0. The second-order valence-corrected chi connectivity index (χ2v) is 13.0. The third kappa shape index (κ3) is 23.8. The molecule has 0 spiro atoms. The zero-order valence-electron chi connectivity index (χ0n) is 32.0. The summed E-state index contributed by atoms with van der Waals surface area (Å²) in [6.45, 7) is -6.30. The number of carbonyl (C=O) groups excluding carboxylic acids is 4.